The maximum Gasteiger partial charge on any atom is 0.326 e. The number of fused-ring (bicyclic) bond motifs is 1. The van der Waals surface area contributed by atoms with Crippen LogP contribution in [0.5, 0.6) is 0 Å². The molecule has 0 unspecified atom stereocenters. The molecule has 1 aliphatic carbocycles. The fraction of sp³-hybridized carbons (Fsp3) is 0.632. The van der Waals surface area contributed by atoms with Crippen LogP contribution in [0, 0.1) is 12.8 Å². The van der Waals surface area contributed by atoms with E-state index in [1.54, 1.807) is 7.11 Å². The Bertz CT molecular complexity index is 765. The molecule has 4 rings (SSSR count). The van der Waals surface area contributed by atoms with E-state index in [9.17, 15) is 4.79 Å². The highest BCUT2D eigenvalue weighted by atomic mass is 16.5. The van der Waals surface area contributed by atoms with Crippen LogP contribution in [0.4, 0.5) is 0 Å². The van der Waals surface area contributed by atoms with Crippen LogP contribution in [0.15, 0.2) is 23.0 Å². The predicted octanol–water partition coefficient (Wildman–Crippen LogP) is 2.70. The van der Waals surface area contributed by atoms with Crippen molar-refractivity contribution in [1.82, 2.24) is 14.5 Å². The first-order valence-electron chi connectivity index (χ1n) is 9.09. The Labute approximate surface area is 142 Å². The van der Waals surface area contributed by atoms with Crippen molar-refractivity contribution in [1.29, 1.82) is 0 Å². The first kappa shape index (κ1) is 15.9. The average molecular weight is 329 g/mol. The summed E-state index contributed by atoms with van der Waals surface area (Å²) in [7, 11) is 1.79. The van der Waals surface area contributed by atoms with Crippen LogP contribution in [-0.2, 0) is 4.74 Å². The Balaban J connectivity index is 1.44. The minimum atomic E-state index is 0.0397. The number of aromatic amines is 1. The third-order valence-electron chi connectivity index (χ3n) is 5.87. The standard InChI is InChI=1S/C19H27N3O2/c1-13-3-4-17-18(9-13)22(19(23)20-17)15-5-7-21(8-6-15)16-10-14(11-16)12-24-2/h3-4,9,14-16H,5-8,10-12H2,1-2H3,(H,20,23)/t14-,16+. The number of likely N-dealkylation sites (tertiary alicyclic amines) is 1. The molecule has 1 aromatic heterocycles. The molecule has 1 N–H and O–H groups in total. The fourth-order valence-corrected chi connectivity index (χ4v) is 4.47. The molecule has 0 amide bonds. The Kier molecular flexibility index (Phi) is 4.22. The number of imidazole rings is 1. The number of rotatable bonds is 4. The van der Waals surface area contributed by atoms with E-state index >= 15 is 0 Å². The number of ether oxygens (including phenoxy) is 1. The van der Waals surface area contributed by atoms with Crippen LogP contribution in [-0.4, -0.2) is 47.3 Å². The van der Waals surface area contributed by atoms with Crippen LogP contribution < -0.4 is 5.69 Å². The zero-order valence-electron chi connectivity index (χ0n) is 14.6. The highest BCUT2D eigenvalue weighted by Gasteiger charge is 2.35. The summed E-state index contributed by atoms with van der Waals surface area (Å²) < 4.78 is 7.25. The normalized spacial score (nSPS) is 25.9. The van der Waals surface area contributed by atoms with Gasteiger partial charge >= 0.3 is 5.69 Å². The van der Waals surface area contributed by atoms with Gasteiger partial charge in [-0.15, -0.1) is 0 Å². The largest absolute Gasteiger partial charge is 0.384 e. The summed E-state index contributed by atoms with van der Waals surface area (Å²) in [6.07, 6.45) is 4.66. The van der Waals surface area contributed by atoms with Gasteiger partial charge in [-0.3, -0.25) is 4.57 Å². The molecule has 1 aromatic carbocycles. The molecule has 24 heavy (non-hydrogen) atoms. The zero-order chi connectivity index (χ0) is 16.7. The van der Waals surface area contributed by atoms with E-state index in [-0.39, 0.29) is 5.69 Å². The van der Waals surface area contributed by atoms with Gasteiger partial charge < -0.3 is 14.6 Å². The molecule has 0 spiro atoms. The minimum absolute atomic E-state index is 0.0397. The van der Waals surface area contributed by atoms with Crippen molar-refractivity contribution in [2.24, 2.45) is 5.92 Å². The van der Waals surface area contributed by atoms with Gasteiger partial charge in [0.1, 0.15) is 0 Å². The summed E-state index contributed by atoms with van der Waals surface area (Å²) in [5.41, 5.74) is 3.25. The molecule has 1 aliphatic heterocycles. The Morgan fingerprint density at radius 1 is 1.21 bits per heavy atom. The topological polar surface area (TPSA) is 50.3 Å². The molecular weight excluding hydrogens is 302 g/mol. The van der Waals surface area contributed by atoms with Crippen molar-refractivity contribution < 1.29 is 4.74 Å². The van der Waals surface area contributed by atoms with E-state index in [4.69, 9.17) is 4.74 Å². The molecule has 5 heteroatoms. The monoisotopic (exact) mass is 329 g/mol. The van der Waals surface area contributed by atoms with Crippen LogP contribution in [0.2, 0.25) is 0 Å². The summed E-state index contributed by atoms with van der Waals surface area (Å²) in [6, 6.07) is 7.24. The van der Waals surface area contributed by atoms with Gasteiger partial charge in [0.05, 0.1) is 11.0 Å². The summed E-state index contributed by atoms with van der Waals surface area (Å²) in [4.78, 5) is 18.1. The number of hydrogen-bond donors (Lipinski definition) is 1. The lowest BCUT2D eigenvalue weighted by molar-refractivity contribution is 0.0148. The predicted molar refractivity (Wildman–Crippen MR) is 95.5 cm³/mol. The summed E-state index contributed by atoms with van der Waals surface area (Å²) in [5, 5.41) is 0. The second-order valence-electron chi connectivity index (χ2n) is 7.53. The number of piperidine rings is 1. The number of nitrogens with one attached hydrogen (secondary N) is 1. The highest BCUT2D eigenvalue weighted by molar-refractivity contribution is 5.76. The molecule has 5 nitrogen and oxygen atoms in total. The quantitative estimate of drug-likeness (QED) is 0.938. The summed E-state index contributed by atoms with van der Waals surface area (Å²) in [5.74, 6) is 0.747. The van der Waals surface area contributed by atoms with Crippen molar-refractivity contribution in [3.8, 4) is 0 Å². The number of aromatic nitrogens is 2. The van der Waals surface area contributed by atoms with Crippen molar-refractivity contribution in [2.75, 3.05) is 26.8 Å². The fourth-order valence-electron chi connectivity index (χ4n) is 4.47. The van der Waals surface area contributed by atoms with Crippen LogP contribution in [0.1, 0.15) is 37.3 Å². The molecule has 2 aliphatic rings. The van der Waals surface area contributed by atoms with Gasteiger partial charge in [0.25, 0.3) is 0 Å². The SMILES string of the molecule is COC[C@H]1C[C@@H](N2CCC(n3c(=O)[nH]c4ccc(C)cc43)CC2)C1. The summed E-state index contributed by atoms with van der Waals surface area (Å²) >= 11 is 0. The van der Waals surface area contributed by atoms with Crippen molar-refractivity contribution in [3.05, 3.63) is 34.2 Å². The number of benzene rings is 1. The molecule has 0 radical (unpaired) electrons. The number of aryl methyl sites for hydroxylation is 1. The maximum absolute atomic E-state index is 12.4. The first-order chi connectivity index (χ1) is 11.7. The number of methoxy groups -OCH3 is 1. The molecular formula is C19H27N3O2. The van der Waals surface area contributed by atoms with E-state index in [1.807, 2.05) is 10.6 Å². The molecule has 1 saturated carbocycles. The van der Waals surface area contributed by atoms with Crippen molar-refractivity contribution >= 4 is 11.0 Å². The third kappa shape index (κ3) is 2.80. The van der Waals surface area contributed by atoms with Gasteiger partial charge in [-0.2, -0.15) is 0 Å². The van der Waals surface area contributed by atoms with Gasteiger partial charge in [-0.1, -0.05) is 6.07 Å². The molecule has 0 bridgehead atoms. The molecule has 130 valence electrons. The second-order valence-corrected chi connectivity index (χ2v) is 7.53. The number of H-pyrrole nitrogens is 1. The smallest absolute Gasteiger partial charge is 0.326 e. The molecule has 0 atom stereocenters. The Morgan fingerprint density at radius 2 is 1.96 bits per heavy atom. The second kappa shape index (κ2) is 6.37. The molecule has 2 fully saturated rings. The van der Waals surface area contributed by atoms with Gasteiger partial charge in [0.2, 0.25) is 0 Å². The third-order valence-corrected chi connectivity index (χ3v) is 5.87. The van der Waals surface area contributed by atoms with E-state index < -0.39 is 0 Å². The molecule has 2 aromatic rings. The van der Waals surface area contributed by atoms with Crippen LogP contribution >= 0.6 is 0 Å². The van der Waals surface area contributed by atoms with E-state index in [1.165, 1.54) is 18.4 Å². The number of nitrogens with zero attached hydrogens (tertiary/aromatic N) is 2. The van der Waals surface area contributed by atoms with Gasteiger partial charge in [0.15, 0.2) is 0 Å². The van der Waals surface area contributed by atoms with Crippen molar-refractivity contribution in [2.45, 2.75) is 44.7 Å². The van der Waals surface area contributed by atoms with Gasteiger partial charge in [-0.05, 0) is 56.2 Å². The lowest BCUT2D eigenvalue weighted by Crippen LogP contribution is -2.49. The van der Waals surface area contributed by atoms with E-state index in [0.717, 1.165) is 55.5 Å². The average Bonchev–Trinajstić information content (AvgIpc) is 2.86. The highest BCUT2D eigenvalue weighted by Crippen LogP contribution is 2.35. The van der Waals surface area contributed by atoms with E-state index in [0.29, 0.717) is 6.04 Å². The zero-order valence-corrected chi connectivity index (χ0v) is 14.6. The molecule has 2 heterocycles. The lowest BCUT2D eigenvalue weighted by Gasteiger charge is -2.45. The minimum Gasteiger partial charge on any atom is -0.384 e. The van der Waals surface area contributed by atoms with Gasteiger partial charge in [0, 0.05) is 38.9 Å². The van der Waals surface area contributed by atoms with E-state index in [2.05, 4.69) is 28.9 Å². The van der Waals surface area contributed by atoms with Crippen molar-refractivity contribution in [3.63, 3.8) is 0 Å². The Hall–Kier alpha value is -1.59. The lowest BCUT2D eigenvalue weighted by atomic mass is 9.79. The van der Waals surface area contributed by atoms with Crippen LogP contribution in [0.25, 0.3) is 11.0 Å². The van der Waals surface area contributed by atoms with Crippen LogP contribution in [0.3, 0.4) is 0 Å². The Morgan fingerprint density at radius 3 is 2.67 bits per heavy atom. The number of hydrogen-bond acceptors (Lipinski definition) is 3. The summed E-state index contributed by atoms with van der Waals surface area (Å²) in [6.45, 7) is 5.17. The van der Waals surface area contributed by atoms with Gasteiger partial charge in [-0.25, -0.2) is 4.79 Å². The maximum atomic E-state index is 12.4. The molecule has 1 saturated heterocycles. The first-order valence-corrected chi connectivity index (χ1v) is 9.09.